The van der Waals surface area contributed by atoms with E-state index in [1.165, 1.54) is 69.1 Å². The lowest BCUT2D eigenvalue weighted by Crippen LogP contribution is -2.27. The maximum atomic E-state index is 3.47. The highest BCUT2D eigenvalue weighted by molar-refractivity contribution is 7.09. The van der Waals surface area contributed by atoms with Gasteiger partial charge in [-0.05, 0) is 31.3 Å². The summed E-state index contributed by atoms with van der Waals surface area (Å²) in [5.74, 6) is 0. The van der Waals surface area contributed by atoms with Crippen LogP contribution in [0.3, 0.4) is 0 Å². The molecular weight excluding hydrogens is 250 g/mol. The van der Waals surface area contributed by atoms with Crippen LogP contribution in [0, 0.1) is 0 Å². The largest absolute Gasteiger partial charge is 0.317 e. The van der Waals surface area contributed by atoms with E-state index in [0.29, 0.717) is 6.04 Å². The number of hydrogen-bond donors (Lipinski definition) is 1. The van der Waals surface area contributed by atoms with Crippen molar-refractivity contribution in [2.24, 2.45) is 0 Å². The summed E-state index contributed by atoms with van der Waals surface area (Å²) in [5, 5.41) is 5.64. The van der Waals surface area contributed by atoms with Crippen molar-refractivity contribution in [2.45, 2.75) is 77.2 Å². The Bertz CT molecular complexity index is 281. The van der Waals surface area contributed by atoms with Crippen molar-refractivity contribution >= 4 is 11.3 Å². The van der Waals surface area contributed by atoms with Gasteiger partial charge in [0.15, 0.2) is 0 Å². The minimum atomic E-state index is 0.666. The van der Waals surface area contributed by atoms with Crippen LogP contribution in [0.2, 0.25) is 0 Å². The average Bonchev–Trinajstić information content (AvgIpc) is 2.93. The van der Waals surface area contributed by atoms with Crippen LogP contribution in [0.5, 0.6) is 0 Å². The molecule has 0 radical (unpaired) electrons. The number of nitrogens with one attached hydrogen (secondary N) is 1. The first-order valence-corrected chi connectivity index (χ1v) is 8.94. The molecule has 0 aliphatic heterocycles. The fourth-order valence-electron chi connectivity index (χ4n) is 2.54. The lowest BCUT2D eigenvalue weighted by Gasteiger charge is -2.15. The van der Waals surface area contributed by atoms with E-state index in [-0.39, 0.29) is 0 Å². The monoisotopic (exact) mass is 281 g/mol. The second-order valence-corrected chi connectivity index (χ2v) is 6.56. The summed E-state index contributed by atoms with van der Waals surface area (Å²) < 4.78 is 0. The Labute approximate surface area is 123 Å². The van der Waals surface area contributed by atoms with Crippen LogP contribution in [0.4, 0.5) is 0 Å². The maximum Gasteiger partial charge on any atom is 0.0112 e. The summed E-state index contributed by atoms with van der Waals surface area (Å²) in [6.45, 7) is 2.28. The summed E-state index contributed by atoms with van der Waals surface area (Å²) in [7, 11) is 2.10. The molecule has 0 saturated heterocycles. The molecule has 2 heteroatoms. The van der Waals surface area contributed by atoms with E-state index in [1.807, 2.05) is 11.3 Å². The van der Waals surface area contributed by atoms with Gasteiger partial charge in [0.05, 0.1) is 0 Å². The van der Waals surface area contributed by atoms with Crippen LogP contribution in [0.15, 0.2) is 17.5 Å². The number of thiophene rings is 1. The standard InChI is InChI=1S/C17H31NS/c1-3-4-5-6-7-8-9-10-12-16(18-2)15-17-13-11-14-19-17/h11,13-14,16,18H,3-10,12,15H2,1-2H3. The van der Waals surface area contributed by atoms with Crippen molar-refractivity contribution in [2.75, 3.05) is 7.05 Å². The predicted octanol–water partition coefficient (Wildman–Crippen LogP) is 5.41. The van der Waals surface area contributed by atoms with Crippen LogP contribution in [-0.2, 0) is 6.42 Å². The molecule has 0 aromatic carbocycles. The van der Waals surface area contributed by atoms with Crippen molar-refractivity contribution in [3.05, 3.63) is 22.4 Å². The first-order chi connectivity index (χ1) is 9.36. The van der Waals surface area contributed by atoms with Gasteiger partial charge < -0.3 is 5.32 Å². The third-order valence-corrected chi connectivity index (χ3v) is 4.74. The minimum Gasteiger partial charge on any atom is -0.317 e. The third-order valence-electron chi connectivity index (χ3n) is 3.84. The van der Waals surface area contributed by atoms with E-state index < -0.39 is 0 Å². The molecule has 0 fully saturated rings. The average molecular weight is 282 g/mol. The molecule has 0 bridgehead atoms. The molecular formula is C17H31NS. The molecule has 1 heterocycles. The van der Waals surface area contributed by atoms with Crippen molar-refractivity contribution in [3.8, 4) is 0 Å². The third kappa shape index (κ3) is 8.43. The number of unbranched alkanes of at least 4 members (excludes halogenated alkanes) is 7. The second-order valence-electron chi connectivity index (χ2n) is 5.53. The van der Waals surface area contributed by atoms with E-state index in [9.17, 15) is 0 Å². The molecule has 110 valence electrons. The molecule has 1 rings (SSSR count). The predicted molar refractivity (Wildman–Crippen MR) is 88.1 cm³/mol. The SMILES string of the molecule is CCCCCCCCCCC(Cc1cccs1)NC. The quantitative estimate of drug-likeness (QED) is 0.505. The topological polar surface area (TPSA) is 12.0 Å². The molecule has 19 heavy (non-hydrogen) atoms. The van der Waals surface area contributed by atoms with Crippen LogP contribution < -0.4 is 5.32 Å². The van der Waals surface area contributed by atoms with Gasteiger partial charge in [-0.3, -0.25) is 0 Å². The van der Waals surface area contributed by atoms with Gasteiger partial charge >= 0.3 is 0 Å². The van der Waals surface area contributed by atoms with E-state index >= 15 is 0 Å². The highest BCUT2D eigenvalue weighted by atomic mass is 32.1. The lowest BCUT2D eigenvalue weighted by atomic mass is 10.0. The molecule has 1 aromatic heterocycles. The fraction of sp³-hybridized carbons (Fsp3) is 0.765. The fourth-order valence-corrected chi connectivity index (χ4v) is 3.33. The van der Waals surface area contributed by atoms with Crippen molar-refractivity contribution in [1.29, 1.82) is 0 Å². The Balaban J connectivity index is 1.97. The zero-order valence-corrected chi connectivity index (χ0v) is 13.6. The van der Waals surface area contributed by atoms with Gasteiger partial charge in [0.1, 0.15) is 0 Å². The van der Waals surface area contributed by atoms with E-state index in [2.05, 4.69) is 36.8 Å². The highest BCUT2D eigenvalue weighted by Gasteiger charge is 2.07. The molecule has 0 saturated carbocycles. The molecule has 1 N–H and O–H groups in total. The number of hydrogen-bond acceptors (Lipinski definition) is 2. The Kier molecular flexibility index (Phi) is 10.1. The number of rotatable bonds is 12. The first kappa shape index (κ1) is 16.7. The van der Waals surface area contributed by atoms with Crippen molar-refractivity contribution in [1.82, 2.24) is 5.32 Å². The van der Waals surface area contributed by atoms with Gasteiger partial charge in [-0.25, -0.2) is 0 Å². The molecule has 0 aliphatic carbocycles. The van der Waals surface area contributed by atoms with Crippen LogP contribution in [0.25, 0.3) is 0 Å². The maximum absolute atomic E-state index is 3.47. The van der Waals surface area contributed by atoms with Crippen LogP contribution in [0.1, 0.15) is 69.6 Å². The second kappa shape index (κ2) is 11.5. The first-order valence-electron chi connectivity index (χ1n) is 8.06. The zero-order valence-electron chi connectivity index (χ0n) is 12.8. The summed E-state index contributed by atoms with van der Waals surface area (Å²) in [5.41, 5.74) is 0. The van der Waals surface area contributed by atoms with E-state index in [4.69, 9.17) is 0 Å². The Hall–Kier alpha value is -0.340. The van der Waals surface area contributed by atoms with Gasteiger partial charge in [0.2, 0.25) is 0 Å². The summed E-state index contributed by atoms with van der Waals surface area (Å²) in [6, 6.07) is 5.07. The Morgan fingerprint density at radius 3 is 2.32 bits per heavy atom. The van der Waals surface area contributed by atoms with Gasteiger partial charge in [-0.15, -0.1) is 11.3 Å². The molecule has 1 atom stereocenters. The molecule has 1 aromatic rings. The molecule has 1 unspecified atom stereocenters. The zero-order chi connectivity index (χ0) is 13.8. The van der Waals surface area contributed by atoms with Gasteiger partial charge in [-0.1, -0.05) is 64.4 Å². The van der Waals surface area contributed by atoms with E-state index in [0.717, 1.165) is 0 Å². The lowest BCUT2D eigenvalue weighted by molar-refractivity contribution is 0.479. The summed E-state index contributed by atoms with van der Waals surface area (Å²) in [6.07, 6.45) is 13.8. The smallest absolute Gasteiger partial charge is 0.0112 e. The highest BCUT2D eigenvalue weighted by Crippen LogP contribution is 2.15. The molecule has 0 aliphatic rings. The molecule has 0 amide bonds. The normalized spacial score (nSPS) is 12.7. The van der Waals surface area contributed by atoms with Gasteiger partial charge in [0, 0.05) is 10.9 Å². The van der Waals surface area contributed by atoms with Gasteiger partial charge in [0.25, 0.3) is 0 Å². The van der Waals surface area contributed by atoms with Crippen molar-refractivity contribution < 1.29 is 0 Å². The summed E-state index contributed by atoms with van der Waals surface area (Å²) in [4.78, 5) is 1.51. The van der Waals surface area contributed by atoms with E-state index in [1.54, 1.807) is 0 Å². The van der Waals surface area contributed by atoms with Gasteiger partial charge in [-0.2, -0.15) is 0 Å². The Morgan fingerprint density at radius 2 is 1.74 bits per heavy atom. The van der Waals surface area contributed by atoms with Crippen LogP contribution >= 0.6 is 11.3 Å². The molecule has 1 nitrogen and oxygen atoms in total. The number of likely N-dealkylation sites (N-methyl/N-ethyl adjacent to an activating group) is 1. The van der Waals surface area contributed by atoms with Crippen LogP contribution in [-0.4, -0.2) is 13.1 Å². The summed E-state index contributed by atoms with van der Waals surface area (Å²) >= 11 is 1.88. The Morgan fingerprint density at radius 1 is 1.05 bits per heavy atom. The van der Waals surface area contributed by atoms with Crippen molar-refractivity contribution in [3.63, 3.8) is 0 Å². The molecule has 0 spiro atoms. The minimum absolute atomic E-state index is 0.666.